The summed E-state index contributed by atoms with van der Waals surface area (Å²) in [5.41, 5.74) is 4.98. The largest absolute Gasteiger partial charge is 0.344 e. The molecule has 3 aromatic rings. The van der Waals surface area contributed by atoms with Crippen LogP contribution < -0.4 is 10.7 Å². The number of pyridine rings is 1. The van der Waals surface area contributed by atoms with Gasteiger partial charge in [-0.15, -0.1) is 0 Å². The minimum Gasteiger partial charge on any atom is -0.344 e. The number of nitrogens with zero attached hydrogens (tertiary/aromatic N) is 1. The third-order valence-electron chi connectivity index (χ3n) is 6.86. The molecule has 33 heavy (non-hydrogen) atoms. The van der Waals surface area contributed by atoms with E-state index in [1.54, 1.807) is 12.1 Å². The summed E-state index contributed by atoms with van der Waals surface area (Å²) in [4.78, 5) is 26.8. The highest BCUT2D eigenvalue weighted by Gasteiger charge is 2.24. The molecule has 0 saturated heterocycles. The van der Waals surface area contributed by atoms with Crippen molar-refractivity contribution in [3.05, 3.63) is 86.2 Å². The molecule has 0 bridgehead atoms. The summed E-state index contributed by atoms with van der Waals surface area (Å²) in [5, 5.41) is 3.57. The maximum atomic E-state index is 13.6. The monoisotopic (exact) mass is 462 g/mol. The van der Waals surface area contributed by atoms with Crippen molar-refractivity contribution in [2.24, 2.45) is 5.92 Å². The number of aryl methyl sites for hydroxylation is 2. The van der Waals surface area contributed by atoms with Gasteiger partial charge in [0.05, 0.1) is 5.69 Å². The van der Waals surface area contributed by atoms with Crippen LogP contribution in [0.3, 0.4) is 0 Å². The van der Waals surface area contributed by atoms with Gasteiger partial charge in [0, 0.05) is 34.6 Å². The summed E-state index contributed by atoms with van der Waals surface area (Å²) in [6.07, 6.45) is 6.09. The number of rotatable bonds is 5. The Morgan fingerprint density at radius 2 is 1.76 bits per heavy atom. The number of benzene rings is 2. The maximum Gasteiger partial charge on any atom is 0.261 e. The second kappa shape index (κ2) is 9.96. The lowest BCUT2D eigenvalue weighted by molar-refractivity contribution is 0.102. The summed E-state index contributed by atoms with van der Waals surface area (Å²) in [5.74, 6) is 0.147. The fourth-order valence-corrected chi connectivity index (χ4v) is 5.05. The average Bonchev–Trinajstić information content (AvgIpc) is 2.79. The molecule has 0 unspecified atom stereocenters. The third-order valence-corrected chi connectivity index (χ3v) is 7.10. The fourth-order valence-electron chi connectivity index (χ4n) is 4.86. The molecular formula is C28H31ClN2O2. The van der Waals surface area contributed by atoms with Crippen LogP contribution >= 0.6 is 11.6 Å². The first kappa shape index (κ1) is 23.3. The highest BCUT2D eigenvalue weighted by Crippen LogP contribution is 2.31. The van der Waals surface area contributed by atoms with E-state index in [-0.39, 0.29) is 16.9 Å². The van der Waals surface area contributed by atoms with Gasteiger partial charge in [-0.1, -0.05) is 55.1 Å². The summed E-state index contributed by atoms with van der Waals surface area (Å²) >= 11 is 6.33. The van der Waals surface area contributed by atoms with Gasteiger partial charge in [-0.05, 0) is 68.9 Å². The Morgan fingerprint density at radius 3 is 2.48 bits per heavy atom. The first-order valence-corrected chi connectivity index (χ1v) is 12.1. The smallest absolute Gasteiger partial charge is 0.261 e. The second-order valence-corrected chi connectivity index (χ2v) is 9.64. The Morgan fingerprint density at radius 1 is 1.03 bits per heavy atom. The molecule has 1 fully saturated rings. The van der Waals surface area contributed by atoms with Crippen molar-refractivity contribution >= 4 is 23.2 Å². The molecule has 1 aliphatic carbocycles. The lowest BCUT2D eigenvalue weighted by Crippen LogP contribution is -2.28. The zero-order valence-corrected chi connectivity index (χ0v) is 20.3. The number of hydrogen-bond donors (Lipinski definition) is 1. The third kappa shape index (κ3) is 5.06. The summed E-state index contributed by atoms with van der Waals surface area (Å²) in [7, 11) is 0. The predicted octanol–water partition coefficient (Wildman–Crippen LogP) is 6.93. The molecule has 5 heteroatoms. The van der Waals surface area contributed by atoms with E-state index < -0.39 is 0 Å². The maximum absolute atomic E-state index is 13.6. The van der Waals surface area contributed by atoms with Crippen LogP contribution in [0.1, 0.15) is 59.3 Å². The molecule has 0 spiro atoms. The van der Waals surface area contributed by atoms with Gasteiger partial charge < -0.3 is 9.88 Å². The molecular weight excluding hydrogens is 432 g/mol. The van der Waals surface area contributed by atoms with E-state index in [9.17, 15) is 9.59 Å². The lowest BCUT2D eigenvalue weighted by Gasteiger charge is -2.27. The molecule has 0 radical (unpaired) electrons. The Bertz CT molecular complexity index is 1240. The predicted molar refractivity (Wildman–Crippen MR) is 136 cm³/mol. The van der Waals surface area contributed by atoms with Crippen molar-refractivity contribution < 1.29 is 4.79 Å². The SMILES string of the molecule is Cc1cccc(NC(=O)c2c(-c3cccc(Cl)c3)n(CC3CCCCC3)c(C)cc2=O)c1C. The lowest BCUT2D eigenvalue weighted by atomic mass is 9.88. The summed E-state index contributed by atoms with van der Waals surface area (Å²) in [6, 6.07) is 14.8. The van der Waals surface area contributed by atoms with Crippen LogP contribution in [0, 0.1) is 26.7 Å². The van der Waals surface area contributed by atoms with Crippen molar-refractivity contribution in [2.45, 2.75) is 59.4 Å². The highest BCUT2D eigenvalue weighted by molar-refractivity contribution is 6.30. The molecule has 1 amide bonds. The summed E-state index contributed by atoms with van der Waals surface area (Å²) < 4.78 is 2.15. The highest BCUT2D eigenvalue weighted by atomic mass is 35.5. The minimum absolute atomic E-state index is 0.166. The number of nitrogens with one attached hydrogen (secondary N) is 1. The van der Waals surface area contributed by atoms with E-state index in [1.165, 1.54) is 32.1 Å². The van der Waals surface area contributed by atoms with Crippen LogP contribution in [0.25, 0.3) is 11.3 Å². The van der Waals surface area contributed by atoms with Gasteiger partial charge >= 0.3 is 0 Å². The van der Waals surface area contributed by atoms with Crippen LogP contribution in [0.5, 0.6) is 0 Å². The zero-order chi connectivity index (χ0) is 23.5. The first-order valence-electron chi connectivity index (χ1n) is 11.7. The normalized spacial score (nSPS) is 14.3. The van der Waals surface area contributed by atoms with E-state index in [4.69, 9.17) is 11.6 Å². The standard InChI is InChI=1S/C28H31ClN2O2/c1-18-9-7-14-24(20(18)3)30-28(33)26-25(32)15-19(2)31(17-21-10-5-4-6-11-21)27(26)22-12-8-13-23(29)16-22/h7-9,12-16,21H,4-6,10-11,17H2,1-3H3,(H,30,33). The van der Waals surface area contributed by atoms with Gasteiger partial charge in [-0.3, -0.25) is 9.59 Å². The number of aromatic nitrogens is 1. The van der Waals surface area contributed by atoms with Gasteiger partial charge in [-0.25, -0.2) is 0 Å². The molecule has 0 atom stereocenters. The van der Waals surface area contributed by atoms with Crippen molar-refractivity contribution in [3.63, 3.8) is 0 Å². The Labute approximate surface area is 200 Å². The van der Waals surface area contributed by atoms with E-state index in [0.29, 0.717) is 16.6 Å². The first-order chi connectivity index (χ1) is 15.8. The van der Waals surface area contributed by atoms with E-state index in [2.05, 4.69) is 9.88 Å². The van der Waals surface area contributed by atoms with Crippen LogP contribution in [0.2, 0.25) is 5.02 Å². The Hall–Kier alpha value is -2.85. The topological polar surface area (TPSA) is 51.1 Å². The van der Waals surface area contributed by atoms with E-state index >= 15 is 0 Å². The molecule has 0 aliphatic heterocycles. The molecule has 2 aromatic carbocycles. The van der Waals surface area contributed by atoms with Crippen molar-refractivity contribution in [3.8, 4) is 11.3 Å². The fraction of sp³-hybridized carbons (Fsp3) is 0.357. The number of amides is 1. The average molecular weight is 463 g/mol. The van der Waals surface area contributed by atoms with Gasteiger partial charge in [-0.2, -0.15) is 0 Å². The molecule has 1 aromatic heterocycles. The molecule has 172 valence electrons. The van der Waals surface area contributed by atoms with Crippen LogP contribution in [-0.4, -0.2) is 10.5 Å². The quantitative estimate of drug-likeness (QED) is 0.447. The van der Waals surface area contributed by atoms with Crippen LogP contribution in [-0.2, 0) is 6.54 Å². The summed E-state index contributed by atoms with van der Waals surface area (Å²) in [6.45, 7) is 6.72. The van der Waals surface area contributed by atoms with E-state index in [1.807, 2.05) is 57.2 Å². The van der Waals surface area contributed by atoms with Gasteiger partial charge in [0.1, 0.15) is 5.56 Å². The number of carbonyl (C=O) groups is 1. The van der Waals surface area contributed by atoms with Gasteiger partial charge in [0.25, 0.3) is 5.91 Å². The van der Waals surface area contributed by atoms with Crippen molar-refractivity contribution in [1.29, 1.82) is 0 Å². The molecule has 1 N–H and O–H groups in total. The molecule has 1 heterocycles. The molecule has 1 aliphatic rings. The molecule has 4 rings (SSSR count). The Kier molecular flexibility index (Phi) is 7.04. The molecule has 1 saturated carbocycles. The Balaban J connectivity index is 1.86. The number of anilines is 1. The van der Waals surface area contributed by atoms with Crippen LogP contribution in [0.15, 0.2) is 53.3 Å². The van der Waals surface area contributed by atoms with Crippen molar-refractivity contribution in [1.82, 2.24) is 4.57 Å². The zero-order valence-electron chi connectivity index (χ0n) is 19.6. The number of hydrogen-bond acceptors (Lipinski definition) is 2. The van der Waals surface area contributed by atoms with Gasteiger partial charge in [0.15, 0.2) is 5.43 Å². The number of halogens is 1. The second-order valence-electron chi connectivity index (χ2n) is 9.20. The minimum atomic E-state index is -0.388. The van der Waals surface area contributed by atoms with Gasteiger partial charge in [0.2, 0.25) is 0 Å². The van der Waals surface area contributed by atoms with Crippen molar-refractivity contribution in [2.75, 3.05) is 5.32 Å². The van der Waals surface area contributed by atoms with Crippen LogP contribution in [0.4, 0.5) is 5.69 Å². The van der Waals surface area contributed by atoms with E-state index in [0.717, 1.165) is 34.6 Å². The molecule has 4 nitrogen and oxygen atoms in total. The number of carbonyl (C=O) groups excluding carboxylic acids is 1.